The number of aliphatic hydroxyl groups excluding tert-OH is 1. The summed E-state index contributed by atoms with van der Waals surface area (Å²) in [5, 5.41) is 9.83. The second kappa shape index (κ2) is 6.12. The molecule has 1 saturated carbocycles. The molecule has 0 heterocycles. The second-order valence-electron chi connectivity index (χ2n) is 5.06. The summed E-state index contributed by atoms with van der Waals surface area (Å²) in [6.45, 7) is 0. The van der Waals surface area contributed by atoms with Gasteiger partial charge in [-0.25, -0.2) is 0 Å². The van der Waals surface area contributed by atoms with E-state index >= 15 is 0 Å². The molecule has 0 radical (unpaired) electrons. The van der Waals surface area contributed by atoms with Gasteiger partial charge < -0.3 is 9.29 Å². The van der Waals surface area contributed by atoms with E-state index in [-0.39, 0.29) is 6.10 Å². The third kappa shape index (κ3) is 4.75. The minimum Gasteiger partial charge on any atom is -0.393 e. The van der Waals surface area contributed by atoms with Crippen molar-refractivity contribution < 1.29 is 9.29 Å². The van der Waals surface area contributed by atoms with Gasteiger partial charge in [-0.05, 0) is 49.9 Å². The van der Waals surface area contributed by atoms with E-state index in [1.807, 2.05) is 7.11 Å². The summed E-state index contributed by atoms with van der Waals surface area (Å²) >= 11 is 0. The molecule has 92 valence electrons. The molecule has 2 unspecified atom stereocenters. The summed E-state index contributed by atoms with van der Waals surface area (Å²) in [7, 11) is 0.991. The maximum atomic E-state index is 9.83. The molecule has 0 bridgehead atoms. The van der Waals surface area contributed by atoms with Gasteiger partial charge in [-0.15, -0.1) is 10.3 Å². The average molecular weight is 234 g/mol. The second-order valence-corrected chi connectivity index (χ2v) is 8.68. The molecule has 1 aliphatic carbocycles. The third-order valence-corrected chi connectivity index (χ3v) is 5.71. The molecule has 1 fully saturated rings. The fourth-order valence-corrected chi connectivity index (χ4v) is 3.33. The van der Waals surface area contributed by atoms with Gasteiger partial charge in [-0.3, -0.25) is 0 Å². The van der Waals surface area contributed by atoms with E-state index in [1.165, 1.54) is 37.9 Å². The van der Waals surface area contributed by atoms with Gasteiger partial charge in [-0.2, -0.15) is 0 Å². The van der Waals surface area contributed by atoms with Gasteiger partial charge in [0.2, 0.25) is 0 Å². The van der Waals surface area contributed by atoms with Crippen LogP contribution in [0.5, 0.6) is 0 Å². The highest BCUT2D eigenvalue weighted by atomic mass is 32.3. The molecule has 1 rings (SSSR count). The first-order valence-electron chi connectivity index (χ1n) is 6.00. The lowest BCUT2D eigenvalue weighted by molar-refractivity contribution is 0.0650. The van der Waals surface area contributed by atoms with Gasteiger partial charge in [0.15, 0.2) is 0 Å². The van der Waals surface area contributed by atoms with Crippen LogP contribution in [0.25, 0.3) is 0 Å². The summed E-state index contributed by atoms with van der Waals surface area (Å²) in [5.74, 6) is 1.73. The molecule has 0 saturated heterocycles. The van der Waals surface area contributed by atoms with E-state index < -0.39 is 10.3 Å². The van der Waals surface area contributed by atoms with Gasteiger partial charge in [-0.1, -0.05) is 12.8 Å². The van der Waals surface area contributed by atoms with E-state index in [9.17, 15) is 5.11 Å². The monoisotopic (exact) mass is 234 g/mol. The van der Waals surface area contributed by atoms with Crippen LogP contribution in [0, 0.1) is 5.92 Å². The van der Waals surface area contributed by atoms with E-state index in [2.05, 4.69) is 12.5 Å². The van der Waals surface area contributed by atoms with Crippen LogP contribution in [-0.2, 0) is 4.18 Å². The van der Waals surface area contributed by atoms with E-state index in [0.29, 0.717) is 5.92 Å². The highest BCUT2D eigenvalue weighted by Gasteiger charge is 2.23. The predicted octanol–water partition coefficient (Wildman–Crippen LogP) is 2.94. The lowest BCUT2D eigenvalue weighted by Gasteiger charge is -2.31. The normalized spacial score (nSPS) is 29.1. The van der Waals surface area contributed by atoms with Crippen molar-refractivity contribution in [2.24, 2.45) is 5.92 Å². The molecule has 0 aromatic carbocycles. The van der Waals surface area contributed by atoms with Crippen molar-refractivity contribution in [3.05, 3.63) is 0 Å². The van der Waals surface area contributed by atoms with E-state index in [1.54, 1.807) is 0 Å². The predicted molar refractivity (Wildman–Crippen MR) is 68.5 cm³/mol. The summed E-state index contributed by atoms with van der Waals surface area (Å²) in [5.41, 5.74) is 0. The molecule has 0 aliphatic heterocycles. The molecule has 0 aromatic rings. The SMILES string of the molecule is COS(C)(C)CCCC1CCCCC1O. The molecule has 15 heavy (non-hydrogen) atoms. The minimum atomic E-state index is -0.819. The topological polar surface area (TPSA) is 29.5 Å². The van der Waals surface area contributed by atoms with Gasteiger partial charge in [0, 0.05) is 7.11 Å². The fourth-order valence-electron chi connectivity index (χ4n) is 2.30. The summed E-state index contributed by atoms with van der Waals surface area (Å²) < 4.78 is 5.47. The van der Waals surface area contributed by atoms with Crippen molar-refractivity contribution in [3.8, 4) is 0 Å². The zero-order valence-electron chi connectivity index (χ0n) is 10.4. The van der Waals surface area contributed by atoms with Gasteiger partial charge in [0.25, 0.3) is 0 Å². The standard InChI is InChI=1S/C12H26O2S/c1-14-15(2,3)10-6-8-11-7-4-5-9-12(11)13/h11-13H,4-10H2,1-3H3. The smallest absolute Gasteiger partial charge is 0.0568 e. The maximum Gasteiger partial charge on any atom is 0.0568 e. The number of aliphatic hydroxyl groups is 1. The first-order chi connectivity index (χ1) is 7.05. The Morgan fingerprint density at radius 1 is 1.27 bits per heavy atom. The highest BCUT2D eigenvalue weighted by Crippen LogP contribution is 2.41. The first-order valence-corrected chi connectivity index (χ1v) is 8.54. The first kappa shape index (κ1) is 13.3. The molecular formula is C12H26O2S. The summed E-state index contributed by atoms with van der Waals surface area (Å²) in [6, 6.07) is 0. The number of rotatable bonds is 5. The van der Waals surface area contributed by atoms with Gasteiger partial charge in [0.1, 0.15) is 0 Å². The Kier molecular flexibility index (Phi) is 5.44. The lowest BCUT2D eigenvalue weighted by atomic mass is 9.84. The Balaban J connectivity index is 2.19. The average Bonchev–Trinajstić information content (AvgIpc) is 2.21. The van der Waals surface area contributed by atoms with Crippen molar-refractivity contribution >= 4 is 10.3 Å². The van der Waals surface area contributed by atoms with Crippen LogP contribution in [0.3, 0.4) is 0 Å². The molecular weight excluding hydrogens is 208 g/mol. The molecule has 2 atom stereocenters. The van der Waals surface area contributed by atoms with Crippen LogP contribution in [0.1, 0.15) is 38.5 Å². The van der Waals surface area contributed by atoms with E-state index in [4.69, 9.17) is 4.18 Å². The third-order valence-electron chi connectivity index (χ3n) is 3.53. The van der Waals surface area contributed by atoms with Crippen LogP contribution >= 0.6 is 10.3 Å². The summed E-state index contributed by atoms with van der Waals surface area (Å²) in [6.07, 6.45) is 11.6. The minimum absolute atomic E-state index is 0.0283. The van der Waals surface area contributed by atoms with Crippen molar-refractivity contribution in [3.63, 3.8) is 0 Å². The molecule has 0 amide bonds. The van der Waals surface area contributed by atoms with Crippen molar-refractivity contribution in [2.45, 2.75) is 44.6 Å². The largest absolute Gasteiger partial charge is 0.393 e. The Hall–Kier alpha value is 0.270. The van der Waals surface area contributed by atoms with Crippen LogP contribution in [0.15, 0.2) is 0 Å². The molecule has 2 nitrogen and oxygen atoms in total. The van der Waals surface area contributed by atoms with Crippen molar-refractivity contribution in [1.29, 1.82) is 0 Å². The van der Waals surface area contributed by atoms with Gasteiger partial charge in [0.05, 0.1) is 6.10 Å². The quantitative estimate of drug-likeness (QED) is 0.792. The van der Waals surface area contributed by atoms with Gasteiger partial charge >= 0.3 is 0 Å². The molecule has 1 N–H and O–H groups in total. The van der Waals surface area contributed by atoms with Crippen LogP contribution in [0.4, 0.5) is 0 Å². The Bertz CT molecular complexity index is 182. The Labute approximate surface area is 95.9 Å². The van der Waals surface area contributed by atoms with Crippen molar-refractivity contribution in [1.82, 2.24) is 0 Å². The lowest BCUT2D eigenvalue weighted by Crippen LogP contribution is -2.24. The fraction of sp³-hybridized carbons (Fsp3) is 1.00. The van der Waals surface area contributed by atoms with Crippen LogP contribution in [-0.4, -0.2) is 36.6 Å². The maximum absolute atomic E-state index is 9.83. The molecule has 0 aromatic heterocycles. The molecule has 0 spiro atoms. The number of hydrogen-bond donors (Lipinski definition) is 1. The van der Waals surface area contributed by atoms with Crippen molar-refractivity contribution in [2.75, 3.05) is 25.4 Å². The number of hydrogen-bond acceptors (Lipinski definition) is 2. The Morgan fingerprint density at radius 2 is 1.93 bits per heavy atom. The zero-order chi connectivity index (χ0) is 11.3. The van der Waals surface area contributed by atoms with E-state index in [0.717, 1.165) is 6.42 Å². The zero-order valence-corrected chi connectivity index (χ0v) is 11.2. The van der Waals surface area contributed by atoms with Crippen LogP contribution in [0.2, 0.25) is 0 Å². The highest BCUT2D eigenvalue weighted by molar-refractivity contribution is 8.28. The molecule has 3 heteroatoms. The van der Waals surface area contributed by atoms with Crippen LogP contribution < -0.4 is 0 Å². The molecule has 1 aliphatic rings. The summed E-state index contributed by atoms with van der Waals surface area (Å²) in [4.78, 5) is 0. The Morgan fingerprint density at radius 3 is 2.53 bits per heavy atom.